The minimum Gasteiger partial charge on any atom is -0.480 e. The molecule has 0 aliphatic heterocycles. The molecule has 0 amide bonds. The molecule has 54 valence electrons. The molecule has 0 aliphatic rings. The Labute approximate surface area is 58.6 Å². The van der Waals surface area contributed by atoms with Crippen LogP contribution >= 0.6 is 11.8 Å². The van der Waals surface area contributed by atoms with E-state index in [9.17, 15) is 4.79 Å². The molecule has 3 N–H and O–H groups in total. The summed E-state index contributed by atoms with van der Waals surface area (Å²) in [5.74, 6) is -0.1000. The number of carbonyl (C=O) groups is 1. The molecule has 0 saturated heterocycles. The summed E-state index contributed by atoms with van der Waals surface area (Å²) in [5, 5.41) is 8.27. The van der Waals surface area contributed by atoms with E-state index in [2.05, 4.69) is 0 Å². The molecular weight excluding hydrogens is 127 g/mol. The maximum absolute atomic E-state index is 10.1. The molecule has 0 aromatic carbocycles. The van der Waals surface area contributed by atoms with Gasteiger partial charge in [-0.05, 0) is 18.4 Å². The molecule has 1 atom stereocenters. The predicted octanol–water partition coefficient (Wildman–Crippen LogP) is 0.151. The van der Waals surface area contributed by atoms with Crippen molar-refractivity contribution >= 4 is 17.7 Å². The van der Waals surface area contributed by atoms with Gasteiger partial charge in [-0.2, -0.15) is 11.8 Å². The molecule has 0 heterocycles. The topological polar surface area (TPSA) is 63.3 Å². The van der Waals surface area contributed by atoms with Gasteiger partial charge in [0.05, 0.1) is 0 Å². The van der Waals surface area contributed by atoms with Crippen molar-refractivity contribution in [3.63, 3.8) is 0 Å². The lowest BCUT2D eigenvalue weighted by Crippen LogP contribution is -2.30. The van der Waals surface area contributed by atoms with Crippen LogP contribution in [0.3, 0.4) is 0 Å². The number of hydrogen-bond donors (Lipinski definition) is 2. The van der Waals surface area contributed by atoms with E-state index in [1.807, 2.05) is 6.26 Å². The second kappa shape index (κ2) is 4.64. The first-order valence-electron chi connectivity index (χ1n) is 2.65. The van der Waals surface area contributed by atoms with Gasteiger partial charge >= 0.3 is 5.97 Å². The lowest BCUT2D eigenvalue weighted by molar-refractivity contribution is -0.138. The van der Waals surface area contributed by atoms with Crippen LogP contribution in [0.5, 0.6) is 0 Å². The first-order chi connectivity index (χ1) is 4.18. The van der Waals surface area contributed by atoms with Gasteiger partial charge in [-0.3, -0.25) is 4.79 Å². The highest BCUT2D eigenvalue weighted by Crippen LogP contribution is 1.97. The van der Waals surface area contributed by atoms with E-state index in [-0.39, 0.29) is 0 Å². The number of carboxylic acids is 1. The van der Waals surface area contributed by atoms with Crippen LogP contribution in [0.25, 0.3) is 0 Å². The van der Waals surface area contributed by atoms with E-state index < -0.39 is 12.0 Å². The Hall–Kier alpha value is -0.220. The average Bonchev–Trinajstić information content (AvgIpc) is 1.82. The molecule has 1 unspecified atom stereocenters. The fourth-order valence-corrected chi connectivity index (χ4v) is 0.858. The van der Waals surface area contributed by atoms with Crippen LogP contribution in [0.1, 0.15) is 6.42 Å². The summed E-state index contributed by atoms with van der Waals surface area (Å²) in [7, 11) is 0. The van der Waals surface area contributed by atoms with E-state index in [0.29, 0.717) is 6.42 Å². The largest absolute Gasteiger partial charge is 0.480 e. The Morgan fingerprint density at radius 1 is 1.89 bits per heavy atom. The van der Waals surface area contributed by atoms with E-state index in [0.717, 1.165) is 5.75 Å². The highest BCUT2D eigenvalue weighted by molar-refractivity contribution is 7.98. The number of rotatable bonds is 4. The first kappa shape index (κ1) is 8.78. The van der Waals surface area contributed by atoms with Gasteiger partial charge in [-0.25, -0.2) is 0 Å². The molecule has 0 spiro atoms. The Kier molecular flexibility index (Phi) is 4.53. The Morgan fingerprint density at radius 2 is 2.44 bits per heavy atom. The van der Waals surface area contributed by atoms with Crippen LogP contribution in [0.2, 0.25) is 0 Å². The fourth-order valence-electron chi connectivity index (χ4n) is 0.368. The number of nitrogens with two attached hydrogens (primary N) is 1. The fraction of sp³-hybridized carbons (Fsp3) is 0.800. The second-order valence-electron chi connectivity index (χ2n) is 1.73. The van der Waals surface area contributed by atoms with Gasteiger partial charge in [0, 0.05) is 0 Å². The van der Waals surface area contributed by atoms with E-state index >= 15 is 0 Å². The molecule has 3 nitrogen and oxygen atoms in total. The Morgan fingerprint density at radius 3 is 2.78 bits per heavy atom. The van der Waals surface area contributed by atoms with E-state index in [1.165, 1.54) is 0 Å². The third-order valence-corrected chi connectivity index (χ3v) is 1.59. The normalized spacial score (nSPS) is 13.1. The van der Waals surface area contributed by atoms with Gasteiger partial charge in [-0.15, -0.1) is 0 Å². The highest BCUT2D eigenvalue weighted by atomic mass is 32.2. The predicted molar refractivity (Wildman–Crippen MR) is 38.6 cm³/mol. The van der Waals surface area contributed by atoms with Gasteiger partial charge in [0.15, 0.2) is 0 Å². The monoisotopic (exact) mass is 138 g/mol. The minimum absolute atomic E-state index is 0.552. The summed E-state index contributed by atoms with van der Waals surface area (Å²) >= 11 is 1.60. The van der Waals surface area contributed by atoms with Crippen LogP contribution in [-0.4, -0.2) is 29.1 Å². The summed E-state index contributed by atoms with van der Waals surface area (Å²) in [6.07, 6.45) is 2.48. The molecular formula is C5H11NO2S. The third kappa shape index (κ3) is 4.29. The van der Waals surface area contributed by atoms with Crippen LogP contribution in [-0.2, 0) is 4.79 Å². The Bertz CT molecular complexity index is 97.0. The summed E-state index contributed by atoms with van der Waals surface area (Å²) in [6, 6.07) is -0.683. The van der Waals surface area contributed by atoms with Crippen LogP contribution in [0, 0.1) is 0 Å². The lowest BCUT2D eigenvalue weighted by atomic mass is 2.89. The molecule has 0 aromatic rings. The maximum atomic E-state index is 10.1. The summed E-state index contributed by atoms with van der Waals surface area (Å²) in [4.78, 5) is 10.1. The molecule has 0 rings (SSSR count). The third-order valence-electron chi connectivity index (χ3n) is 0.950. The second-order valence-corrected chi connectivity index (χ2v) is 2.71. The Balaban J connectivity index is 3.27. The summed E-state index contributed by atoms with van der Waals surface area (Å²) in [5.41, 5.74) is 5.19. The van der Waals surface area contributed by atoms with Crippen molar-refractivity contribution < 1.29 is 9.90 Å². The zero-order chi connectivity index (χ0) is 7.28. The van der Waals surface area contributed by atoms with Crippen molar-refractivity contribution in [3.05, 3.63) is 0 Å². The molecule has 0 aliphatic carbocycles. The van der Waals surface area contributed by atoms with Crippen molar-refractivity contribution in [1.82, 2.24) is 0 Å². The molecule has 0 saturated carbocycles. The number of hydrogen-bond acceptors (Lipinski definition) is 3. The van der Waals surface area contributed by atoms with Crippen molar-refractivity contribution in [1.29, 1.82) is 0 Å². The van der Waals surface area contributed by atoms with Gasteiger partial charge in [0.2, 0.25) is 0 Å². The van der Waals surface area contributed by atoms with Crippen LogP contribution in [0.15, 0.2) is 0 Å². The van der Waals surface area contributed by atoms with Crippen molar-refractivity contribution in [2.24, 2.45) is 5.73 Å². The standard InChI is InChI=1S/C5H11NO2S/c1-9-3-2-4(6)5(7)8/h4H,2-3,6H2,1H3,(H,7,8)/i6-11. The molecule has 0 bridgehead atoms. The first-order valence-corrected chi connectivity index (χ1v) is 4.05. The molecule has 0 fully saturated rings. The van der Waals surface area contributed by atoms with E-state index in [1.54, 1.807) is 11.8 Å². The summed E-state index contributed by atoms with van der Waals surface area (Å²) in [6.45, 7) is 0. The number of carboxylic acid groups (broad SMARTS) is 1. The van der Waals surface area contributed by atoms with Gasteiger partial charge in [0.1, 0.15) is 6.04 Å². The summed E-state index contributed by atoms with van der Waals surface area (Å²) < 4.78 is 0. The van der Waals surface area contributed by atoms with Gasteiger partial charge in [0.25, 0.3) is 0 Å². The zero-order valence-corrected chi connectivity index (χ0v) is 6.15. The van der Waals surface area contributed by atoms with Crippen molar-refractivity contribution in [3.8, 4) is 0 Å². The smallest absolute Gasteiger partial charge is 0.320 e. The molecule has 0 aromatic heterocycles. The van der Waals surface area contributed by atoms with Crippen molar-refractivity contribution in [2.45, 2.75) is 12.5 Å². The average molecular weight is 138 g/mol. The molecule has 9 heavy (non-hydrogen) atoms. The zero-order valence-electron chi connectivity index (χ0n) is 5.33. The quantitative estimate of drug-likeness (QED) is 0.580. The van der Waals surface area contributed by atoms with E-state index in [4.69, 9.17) is 10.8 Å². The van der Waals surface area contributed by atoms with Gasteiger partial charge in [-0.1, -0.05) is 0 Å². The maximum Gasteiger partial charge on any atom is 0.320 e. The number of thioether (sulfide) groups is 1. The molecule has 4 heteroatoms. The SMILES string of the molecule is CSCCC([3NH2])C(=O)O. The molecule has 0 radical (unpaired) electrons. The number of aliphatic carboxylic acids is 1. The van der Waals surface area contributed by atoms with Crippen molar-refractivity contribution in [2.75, 3.05) is 12.0 Å². The van der Waals surface area contributed by atoms with Gasteiger partial charge < -0.3 is 10.8 Å². The van der Waals surface area contributed by atoms with Crippen LogP contribution < -0.4 is 5.73 Å². The highest BCUT2D eigenvalue weighted by Gasteiger charge is 2.08. The lowest BCUT2D eigenvalue weighted by Gasteiger charge is -2.02. The van der Waals surface area contributed by atoms with Crippen LogP contribution in [0.4, 0.5) is 0 Å². The minimum atomic E-state index is -0.913.